The number of fused-ring (bicyclic) bond motifs is 5. The van der Waals surface area contributed by atoms with Crippen LogP contribution in [0.3, 0.4) is 0 Å². The van der Waals surface area contributed by atoms with Gasteiger partial charge >= 0.3 is 5.97 Å². The molecule has 3 aliphatic heterocycles. The van der Waals surface area contributed by atoms with Gasteiger partial charge < -0.3 is 39.7 Å². The summed E-state index contributed by atoms with van der Waals surface area (Å²) >= 11 is 0. The van der Waals surface area contributed by atoms with E-state index in [0.717, 1.165) is 5.56 Å². The third-order valence-electron chi connectivity index (χ3n) is 9.33. The summed E-state index contributed by atoms with van der Waals surface area (Å²) in [5.74, 6) is 1.10. The smallest absolute Gasteiger partial charge is 0.335 e. The van der Waals surface area contributed by atoms with Gasteiger partial charge in [0.15, 0.2) is 11.9 Å². The molecule has 1 saturated carbocycles. The number of carboxylic acid groups (broad SMARTS) is 1. The Kier molecular flexibility index (Phi) is 8.46. The number of ketones is 1. The normalized spacial score (nSPS) is 29.2. The number of carbonyl (C=O) groups is 2. The third kappa shape index (κ3) is 5.97. The number of Topliss-reactive ketones (excluding diaryl/α,β-unsaturated/α-hetero) is 1. The summed E-state index contributed by atoms with van der Waals surface area (Å²) in [4.78, 5) is 25.5. The van der Waals surface area contributed by atoms with Crippen molar-refractivity contribution in [2.75, 3.05) is 0 Å². The number of aliphatic hydroxyl groups is 3. The Morgan fingerprint density at radius 2 is 1.80 bits per heavy atom. The van der Waals surface area contributed by atoms with E-state index < -0.39 is 48.0 Å². The molecule has 2 fully saturated rings. The standard InChI is InChI=1S/C35H36O10/c1-19-16-22-17-23(33(40)41)18-25(27(22)28(37)26(19)24(36)10-9-20-6-3-2-4-7-20)44-34-30(39)29(38)31-32(45-34)35(42)13-11-21(12-14-35)8-5-15-43-31/h2-4,6-7,16-18,21,29-32,34,37-39,42H,8-14H2,1H3,(H,40,41)/t21?,29-,30-,31+,32+,34-,35?/m1/s1. The molecule has 3 heterocycles. The molecule has 5 atom stereocenters. The van der Waals surface area contributed by atoms with Crippen molar-refractivity contribution in [1.29, 1.82) is 0 Å². The first-order valence-corrected chi connectivity index (χ1v) is 15.2. The maximum Gasteiger partial charge on any atom is 0.335 e. The molecular formula is C35H36O10. The summed E-state index contributed by atoms with van der Waals surface area (Å²) in [6, 6.07) is 13.6. The number of aromatic carboxylic acids is 1. The monoisotopic (exact) mass is 616 g/mol. The fourth-order valence-electron chi connectivity index (χ4n) is 6.80. The van der Waals surface area contributed by atoms with E-state index in [9.17, 15) is 35.1 Å². The molecule has 10 heteroatoms. The van der Waals surface area contributed by atoms with Crippen molar-refractivity contribution in [1.82, 2.24) is 0 Å². The number of ether oxygens (including phenoxy) is 3. The zero-order valence-electron chi connectivity index (χ0n) is 24.8. The predicted octanol–water partition coefficient (Wildman–Crippen LogP) is 3.86. The summed E-state index contributed by atoms with van der Waals surface area (Å²) in [5, 5.41) is 55.6. The van der Waals surface area contributed by atoms with E-state index in [1.165, 1.54) is 12.1 Å². The van der Waals surface area contributed by atoms with Crippen LogP contribution in [-0.2, 0) is 15.9 Å². The molecule has 2 bridgehead atoms. The van der Waals surface area contributed by atoms with E-state index >= 15 is 0 Å². The molecule has 45 heavy (non-hydrogen) atoms. The minimum absolute atomic E-state index is 0.0494. The number of hydrogen-bond donors (Lipinski definition) is 5. The Morgan fingerprint density at radius 3 is 2.51 bits per heavy atom. The van der Waals surface area contributed by atoms with Crippen LogP contribution in [0.1, 0.15) is 70.4 Å². The molecule has 0 radical (unpaired) electrons. The SMILES string of the molecule is Cc1cc2cc(C(=O)O)cc(O[C@@H]3O[C@H]4[C@@H](OC#CCC5CCC4(O)CC5)[C@H](O)[C@H]3O)c2c(O)c1C(=O)CCc1ccccc1. The Labute approximate surface area is 260 Å². The molecule has 1 aliphatic carbocycles. The number of carboxylic acids is 1. The molecule has 0 amide bonds. The number of rotatable bonds is 7. The maximum atomic E-state index is 13.4. The van der Waals surface area contributed by atoms with Crippen LogP contribution >= 0.6 is 0 Å². The summed E-state index contributed by atoms with van der Waals surface area (Å²) in [6.07, 6.45) is -1.29. The van der Waals surface area contributed by atoms with Gasteiger partial charge in [-0.2, -0.15) is 0 Å². The quantitative estimate of drug-likeness (QED) is 0.195. The van der Waals surface area contributed by atoms with Gasteiger partial charge in [-0.1, -0.05) is 42.3 Å². The number of hydrogen-bond acceptors (Lipinski definition) is 9. The minimum Gasteiger partial charge on any atom is -0.506 e. The minimum atomic E-state index is -1.70. The van der Waals surface area contributed by atoms with Crippen LogP contribution in [0.5, 0.6) is 11.5 Å². The van der Waals surface area contributed by atoms with E-state index in [1.807, 2.05) is 30.3 Å². The fraction of sp³-hybridized carbons (Fsp3) is 0.429. The van der Waals surface area contributed by atoms with Gasteiger partial charge in [0, 0.05) is 12.8 Å². The lowest BCUT2D eigenvalue weighted by molar-refractivity contribution is -0.308. The van der Waals surface area contributed by atoms with Crippen LogP contribution in [-0.4, -0.2) is 73.6 Å². The summed E-state index contributed by atoms with van der Waals surface area (Å²) in [5.41, 5.74) is -0.0774. The molecule has 3 aromatic carbocycles. The second kappa shape index (κ2) is 12.3. The van der Waals surface area contributed by atoms with Crippen LogP contribution in [0.25, 0.3) is 10.8 Å². The van der Waals surface area contributed by atoms with Gasteiger partial charge in [0.1, 0.15) is 35.9 Å². The molecule has 0 spiro atoms. The Morgan fingerprint density at radius 1 is 1.07 bits per heavy atom. The van der Waals surface area contributed by atoms with Gasteiger partial charge in [-0.05, 0) is 73.6 Å². The Bertz CT molecular complexity index is 1660. The summed E-state index contributed by atoms with van der Waals surface area (Å²) in [6.45, 7) is 1.66. The van der Waals surface area contributed by atoms with Crippen LogP contribution in [0.4, 0.5) is 0 Å². The van der Waals surface area contributed by atoms with Crippen molar-refractivity contribution in [2.24, 2.45) is 5.92 Å². The van der Waals surface area contributed by atoms with Crippen LogP contribution in [0, 0.1) is 24.9 Å². The second-order valence-electron chi connectivity index (χ2n) is 12.3. The van der Waals surface area contributed by atoms with Crippen molar-refractivity contribution in [2.45, 2.75) is 88.2 Å². The zero-order chi connectivity index (χ0) is 31.9. The van der Waals surface area contributed by atoms with E-state index in [1.54, 1.807) is 13.0 Å². The summed E-state index contributed by atoms with van der Waals surface area (Å²) < 4.78 is 17.8. The van der Waals surface area contributed by atoms with Gasteiger partial charge in [-0.3, -0.25) is 4.79 Å². The van der Waals surface area contributed by atoms with Crippen molar-refractivity contribution >= 4 is 22.5 Å². The van der Waals surface area contributed by atoms with Crippen molar-refractivity contribution < 1.29 is 49.3 Å². The fourth-order valence-corrected chi connectivity index (χ4v) is 6.80. The lowest BCUT2D eigenvalue weighted by Gasteiger charge is -2.49. The highest BCUT2D eigenvalue weighted by atomic mass is 16.7. The summed E-state index contributed by atoms with van der Waals surface area (Å²) in [7, 11) is 0. The first kappa shape index (κ1) is 30.9. The first-order chi connectivity index (χ1) is 21.6. The zero-order valence-corrected chi connectivity index (χ0v) is 24.8. The number of benzene rings is 3. The number of aliphatic hydroxyl groups excluding tert-OH is 2. The predicted molar refractivity (Wildman–Crippen MR) is 162 cm³/mol. The van der Waals surface area contributed by atoms with Crippen molar-refractivity contribution in [3.8, 4) is 23.5 Å². The number of phenols is 1. The highest BCUT2D eigenvalue weighted by Gasteiger charge is 2.56. The number of aromatic hydroxyl groups is 1. The third-order valence-corrected chi connectivity index (χ3v) is 9.33. The molecular weight excluding hydrogens is 580 g/mol. The van der Waals surface area contributed by atoms with Gasteiger partial charge in [0.25, 0.3) is 0 Å². The molecule has 7 rings (SSSR count). The highest BCUT2D eigenvalue weighted by Crippen LogP contribution is 2.44. The van der Waals surface area contributed by atoms with E-state index in [-0.39, 0.29) is 39.9 Å². The van der Waals surface area contributed by atoms with E-state index in [0.29, 0.717) is 50.0 Å². The van der Waals surface area contributed by atoms with Crippen LogP contribution in [0.2, 0.25) is 0 Å². The van der Waals surface area contributed by atoms with Crippen LogP contribution in [0.15, 0.2) is 48.5 Å². The molecule has 5 N–H and O–H groups in total. The molecule has 1 saturated heterocycles. The molecule has 4 aliphatic rings. The van der Waals surface area contributed by atoms with Gasteiger partial charge in [0.2, 0.25) is 6.29 Å². The van der Waals surface area contributed by atoms with E-state index in [2.05, 4.69) is 12.0 Å². The van der Waals surface area contributed by atoms with Crippen LogP contribution < -0.4 is 4.74 Å². The average molecular weight is 617 g/mol. The van der Waals surface area contributed by atoms with Crippen molar-refractivity contribution in [3.05, 3.63) is 70.8 Å². The van der Waals surface area contributed by atoms with Gasteiger partial charge in [0.05, 0.1) is 22.1 Å². The lowest BCUT2D eigenvalue weighted by Crippen LogP contribution is -2.66. The highest BCUT2D eigenvalue weighted by molar-refractivity contribution is 6.09. The number of carbonyl (C=O) groups excluding carboxylic acids is 1. The largest absolute Gasteiger partial charge is 0.506 e. The van der Waals surface area contributed by atoms with E-state index in [4.69, 9.17) is 14.2 Å². The Balaban J connectivity index is 1.37. The molecule has 236 valence electrons. The number of phenolic OH excluding ortho intramolecular Hbond substituents is 1. The van der Waals surface area contributed by atoms with Gasteiger partial charge in [-0.25, -0.2) is 4.79 Å². The average Bonchev–Trinajstić information content (AvgIpc) is 3.02. The lowest BCUT2D eigenvalue weighted by atomic mass is 9.72. The molecule has 10 nitrogen and oxygen atoms in total. The maximum absolute atomic E-state index is 13.4. The van der Waals surface area contributed by atoms with Gasteiger partial charge in [-0.15, -0.1) is 0 Å². The second-order valence-corrected chi connectivity index (χ2v) is 12.3. The molecule has 0 aromatic heterocycles. The topological polar surface area (TPSA) is 163 Å². The number of aryl methyl sites for hydroxylation is 2. The molecule has 0 unspecified atom stereocenters. The van der Waals surface area contributed by atoms with Crippen molar-refractivity contribution in [3.63, 3.8) is 0 Å². The Hall–Kier alpha value is -4.14. The molecule has 3 aromatic rings. The first-order valence-electron chi connectivity index (χ1n) is 15.2.